The molecule has 0 spiro atoms. The SMILES string of the molecule is N#Cc1cccc(-c2ccccc2-c2cc(-c3ccccc3-c3ccccc3-c3ccccc3-c3nc(-c4ccccc4)nc4ccccc34)nc(-c3ccccc3)n2)c1. The van der Waals surface area contributed by atoms with Crippen LogP contribution in [0.25, 0.3) is 101 Å². The van der Waals surface area contributed by atoms with E-state index in [0.717, 1.165) is 89.2 Å². The molecule has 0 saturated heterocycles. The lowest BCUT2D eigenvalue weighted by molar-refractivity contribution is 1.18. The van der Waals surface area contributed by atoms with E-state index < -0.39 is 0 Å². The topological polar surface area (TPSA) is 75.3 Å². The van der Waals surface area contributed by atoms with Crippen LogP contribution in [0.2, 0.25) is 0 Å². The Morgan fingerprint density at radius 1 is 0.317 bits per heavy atom. The van der Waals surface area contributed by atoms with Crippen molar-refractivity contribution >= 4 is 10.9 Å². The molecule has 0 aliphatic carbocycles. The molecule has 5 heteroatoms. The second kappa shape index (κ2) is 15.9. The van der Waals surface area contributed by atoms with E-state index >= 15 is 0 Å². The summed E-state index contributed by atoms with van der Waals surface area (Å²) >= 11 is 0. The smallest absolute Gasteiger partial charge is 0.160 e. The van der Waals surface area contributed by atoms with Gasteiger partial charge in [0.05, 0.1) is 34.2 Å². The molecule has 0 N–H and O–H groups in total. The van der Waals surface area contributed by atoms with Crippen molar-refractivity contribution in [2.75, 3.05) is 0 Å². The second-order valence-electron chi connectivity index (χ2n) is 14.5. The highest BCUT2D eigenvalue weighted by molar-refractivity contribution is 6.01. The van der Waals surface area contributed by atoms with Crippen molar-refractivity contribution in [3.63, 3.8) is 0 Å². The Hall–Kier alpha value is -8.33. The fourth-order valence-electron chi connectivity index (χ4n) is 7.97. The zero-order chi connectivity index (χ0) is 40.3. The first-order valence-corrected chi connectivity index (χ1v) is 19.9. The molecule has 0 unspecified atom stereocenters. The molecule has 0 saturated carbocycles. The van der Waals surface area contributed by atoms with Crippen molar-refractivity contribution in [2.24, 2.45) is 0 Å². The predicted octanol–water partition coefficient (Wildman–Crippen LogP) is 13.6. The highest BCUT2D eigenvalue weighted by atomic mass is 14.9. The maximum atomic E-state index is 9.73. The van der Waals surface area contributed by atoms with Crippen LogP contribution < -0.4 is 0 Å². The van der Waals surface area contributed by atoms with E-state index in [2.05, 4.69) is 121 Å². The summed E-state index contributed by atoms with van der Waals surface area (Å²) in [4.78, 5) is 20.8. The van der Waals surface area contributed by atoms with E-state index in [-0.39, 0.29) is 0 Å². The van der Waals surface area contributed by atoms with Gasteiger partial charge in [0, 0.05) is 33.2 Å². The van der Waals surface area contributed by atoms with E-state index in [1.54, 1.807) is 0 Å². The third-order valence-corrected chi connectivity index (χ3v) is 10.8. The van der Waals surface area contributed by atoms with E-state index in [1.165, 1.54) is 0 Å². The molecular formula is C55H35N5. The Kier molecular flexibility index (Phi) is 9.55. The van der Waals surface area contributed by atoms with Gasteiger partial charge in [0.1, 0.15) is 0 Å². The molecule has 280 valence electrons. The van der Waals surface area contributed by atoms with E-state index in [9.17, 15) is 5.26 Å². The molecule has 0 amide bonds. The second-order valence-corrected chi connectivity index (χ2v) is 14.5. The Bertz CT molecular complexity index is 3220. The number of nitriles is 1. The minimum absolute atomic E-state index is 0.606. The van der Waals surface area contributed by atoms with Crippen LogP contribution in [0.1, 0.15) is 5.56 Å². The van der Waals surface area contributed by atoms with E-state index in [4.69, 9.17) is 19.9 Å². The minimum atomic E-state index is 0.606. The minimum Gasteiger partial charge on any atom is -0.228 e. The summed E-state index contributed by atoms with van der Waals surface area (Å²) in [6.07, 6.45) is 0. The molecule has 10 rings (SSSR count). The quantitative estimate of drug-likeness (QED) is 0.154. The van der Waals surface area contributed by atoms with Crippen molar-refractivity contribution < 1.29 is 0 Å². The van der Waals surface area contributed by atoms with Crippen LogP contribution in [0.15, 0.2) is 212 Å². The van der Waals surface area contributed by atoms with Gasteiger partial charge in [-0.1, -0.05) is 188 Å². The van der Waals surface area contributed by atoms with E-state index in [1.807, 2.05) is 97.1 Å². The first-order chi connectivity index (χ1) is 29.7. The van der Waals surface area contributed by atoms with Crippen LogP contribution in [-0.2, 0) is 0 Å². The van der Waals surface area contributed by atoms with Crippen molar-refractivity contribution in [3.8, 4) is 96.0 Å². The number of para-hydroxylation sites is 1. The summed E-state index contributed by atoms with van der Waals surface area (Å²) in [5.74, 6) is 1.31. The summed E-state index contributed by atoms with van der Waals surface area (Å²) < 4.78 is 0. The van der Waals surface area contributed by atoms with Crippen LogP contribution in [0, 0.1) is 11.3 Å². The zero-order valence-electron chi connectivity index (χ0n) is 32.4. The molecule has 0 aliphatic rings. The summed E-state index contributed by atoms with van der Waals surface area (Å²) in [5.41, 5.74) is 15.0. The lowest BCUT2D eigenvalue weighted by Crippen LogP contribution is -1.99. The third-order valence-electron chi connectivity index (χ3n) is 10.8. The Morgan fingerprint density at radius 3 is 1.35 bits per heavy atom. The highest BCUT2D eigenvalue weighted by Gasteiger charge is 2.21. The number of rotatable bonds is 8. The number of hydrogen-bond acceptors (Lipinski definition) is 5. The van der Waals surface area contributed by atoms with Gasteiger partial charge in [-0.3, -0.25) is 0 Å². The molecule has 5 nitrogen and oxygen atoms in total. The lowest BCUT2D eigenvalue weighted by Gasteiger charge is -2.18. The predicted molar refractivity (Wildman–Crippen MR) is 243 cm³/mol. The Labute approximate surface area is 348 Å². The molecule has 10 aromatic rings. The van der Waals surface area contributed by atoms with Gasteiger partial charge >= 0.3 is 0 Å². The maximum absolute atomic E-state index is 9.73. The van der Waals surface area contributed by atoms with Crippen LogP contribution in [-0.4, -0.2) is 19.9 Å². The van der Waals surface area contributed by atoms with Gasteiger partial charge in [0.25, 0.3) is 0 Å². The van der Waals surface area contributed by atoms with Gasteiger partial charge in [-0.2, -0.15) is 5.26 Å². The number of benzene rings is 8. The van der Waals surface area contributed by atoms with Gasteiger partial charge in [-0.15, -0.1) is 0 Å². The molecule has 60 heavy (non-hydrogen) atoms. The van der Waals surface area contributed by atoms with Gasteiger partial charge in [0.2, 0.25) is 0 Å². The highest BCUT2D eigenvalue weighted by Crippen LogP contribution is 2.43. The number of aromatic nitrogens is 4. The van der Waals surface area contributed by atoms with Crippen LogP contribution in [0.5, 0.6) is 0 Å². The number of hydrogen-bond donors (Lipinski definition) is 0. The summed E-state index contributed by atoms with van der Waals surface area (Å²) in [7, 11) is 0. The molecule has 0 bridgehead atoms. The van der Waals surface area contributed by atoms with Gasteiger partial charge < -0.3 is 0 Å². The zero-order valence-corrected chi connectivity index (χ0v) is 32.4. The molecule has 2 aromatic heterocycles. The van der Waals surface area contributed by atoms with Crippen LogP contribution in [0.4, 0.5) is 0 Å². The average Bonchev–Trinajstić information content (AvgIpc) is 3.34. The molecule has 0 radical (unpaired) electrons. The first-order valence-electron chi connectivity index (χ1n) is 19.9. The van der Waals surface area contributed by atoms with Gasteiger partial charge in [-0.25, -0.2) is 19.9 Å². The molecule has 0 atom stereocenters. The van der Waals surface area contributed by atoms with E-state index in [0.29, 0.717) is 17.2 Å². The Morgan fingerprint density at radius 2 is 0.750 bits per heavy atom. The average molecular weight is 766 g/mol. The molecule has 2 heterocycles. The largest absolute Gasteiger partial charge is 0.228 e. The standard InChI is InChI=1S/C55H35N5/c56-36-37-18-17-23-40(34-37)41-24-7-12-29-46(41)51-35-52(59-54(58-51)38-19-3-1-4-20-38)47-30-13-10-27-44(47)42-25-8-9-26-43(42)45-28-11-14-31-48(45)53-49-32-15-16-33-50(49)57-55(60-53)39-21-5-2-6-22-39/h1-35H. The molecule has 0 aliphatic heterocycles. The Balaban J connectivity index is 1.16. The van der Waals surface area contributed by atoms with Crippen molar-refractivity contribution in [1.29, 1.82) is 5.26 Å². The van der Waals surface area contributed by atoms with Crippen molar-refractivity contribution in [3.05, 3.63) is 218 Å². The number of fused-ring (bicyclic) bond motifs is 1. The lowest BCUT2D eigenvalue weighted by atomic mass is 9.87. The molecule has 8 aromatic carbocycles. The molecular weight excluding hydrogens is 731 g/mol. The van der Waals surface area contributed by atoms with Crippen LogP contribution >= 0.6 is 0 Å². The summed E-state index contributed by atoms with van der Waals surface area (Å²) in [6, 6.07) is 74.4. The van der Waals surface area contributed by atoms with Crippen molar-refractivity contribution in [1.82, 2.24) is 19.9 Å². The van der Waals surface area contributed by atoms with Crippen molar-refractivity contribution in [2.45, 2.75) is 0 Å². The van der Waals surface area contributed by atoms with Gasteiger partial charge in [0.15, 0.2) is 11.6 Å². The summed E-state index contributed by atoms with van der Waals surface area (Å²) in [5, 5.41) is 10.7. The van der Waals surface area contributed by atoms with Gasteiger partial charge in [-0.05, 0) is 57.6 Å². The fourth-order valence-corrected chi connectivity index (χ4v) is 7.97. The fraction of sp³-hybridized carbons (Fsp3) is 0. The normalized spacial score (nSPS) is 11.0. The maximum Gasteiger partial charge on any atom is 0.160 e. The monoisotopic (exact) mass is 765 g/mol. The molecule has 0 fully saturated rings. The first kappa shape index (κ1) is 36.0. The third kappa shape index (κ3) is 6.89. The summed E-state index contributed by atoms with van der Waals surface area (Å²) in [6.45, 7) is 0. The van der Waals surface area contributed by atoms with Crippen LogP contribution in [0.3, 0.4) is 0 Å². The number of nitrogens with zero attached hydrogens (tertiary/aromatic N) is 5.